The average Bonchev–Trinajstić information content (AvgIpc) is 2.81. The maximum Gasteiger partial charge on any atom is 0.143 e. The number of hydrogen-bond donors (Lipinski definition) is 0. The van der Waals surface area contributed by atoms with E-state index in [-0.39, 0.29) is 16.9 Å². The minimum Gasteiger partial charge on any atom is -0.490 e. The Morgan fingerprint density at radius 1 is 0.667 bits per heavy atom. The largest absolute Gasteiger partial charge is 0.490 e. The van der Waals surface area contributed by atoms with Gasteiger partial charge in [0.1, 0.15) is 29.8 Å². The lowest BCUT2D eigenvalue weighted by molar-refractivity contribution is 0.363. The summed E-state index contributed by atoms with van der Waals surface area (Å²) in [5.74, 6) is 9.73. The second-order valence-corrected chi connectivity index (χ2v) is 7.15. The first-order valence-electron chi connectivity index (χ1n) is 10.1. The zero-order chi connectivity index (χ0) is 23.2. The van der Waals surface area contributed by atoms with Gasteiger partial charge < -0.3 is 4.74 Å². The van der Waals surface area contributed by atoms with Crippen molar-refractivity contribution in [2.45, 2.75) is 0 Å². The van der Waals surface area contributed by atoms with Crippen LogP contribution in [0.15, 0.2) is 85.5 Å². The van der Waals surface area contributed by atoms with Gasteiger partial charge in [0, 0.05) is 16.7 Å². The first kappa shape index (κ1) is 21.8. The molecule has 0 bridgehead atoms. The van der Waals surface area contributed by atoms with Crippen LogP contribution in [0.1, 0.15) is 22.3 Å². The van der Waals surface area contributed by atoms with Crippen molar-refractivity contribution in [3.05, 3.63) is 125 Å². The van der Waals surface area contributed by atoms with E-state index in [0.717, 1.165) is 22.9 Å². The van der Waals surface area contributed by atoms with Crippen LogP contribution in [0, 0.1) is 41.1 Å². The minimum atomic E-state index is -0.789. The Balaban J connectivity index is 1.55. The van der Waals surface area contributed by atoms with Gasteiger partial charge in [-0.1, -0.05) is 48.5 Å². The monoisotopic (exact) mass is 438 g/mol. The minimum absolute atomic E-state index is 0.204. The van der Waals surface area contributed by atoms with Crippen molar-refractivity contribution in [2.75, 3.05) is 6.61 Å². The maximum absolute atomic E-state index is 14.5. The summed E-state index contributed by atoms with van der Waals surface area (Å²) in [5, 5.41) is 1.51. The molecule has 0 amide bonds. The van der Waals surface area contributed by atoms with Gasteiger partial charge in [-0.3, -0.25) is 0 Å². The number of halogens is 3. The molecule has 4 aromatic carbocycles. The Kier molecular flexibility index (Phi) is 6.48. The summed E-state index contributed by atoms with van der Waals surface area (Å²) >= 11 is 0. The van der Waals surface area contributed by atoms with Crippen molar-refractivity contribution in [3.63, 3.8) is 0 Å². The van der Waals surface area contributed by atoms with Gasteiger partial charge in [0.2, 0.25) is 0 Å². The van der Waals surface area contributed by atoms with Crippen LogP contribution in [0.3, 0.4) is 0 Å². The second-order valence-electron chi connectivity index (χ2n) is 7.15. The highest BCUT2D eigenvalue weighted by atomic mass is 19.1. The molecule has 0 unspecified atom stereocenters. The number of rotatable bonds is 3. The zero-order valence-electron chi connectivity index (χ0n) is 17.5. The summed E-state index contributed by atoms with van der Waals surface area (Å²) in [6.07, 6.45) is 1.65. The molecule has 0 aromatic heterocycles. The Labute approximate surface area is 190 Å². The normalized spacial score (nSPS) is 10.0. The van der Waals surface area contributed by atoms with Crippen molar-refractivity contribution in [1.82, 2.24) is 0 Å². The molecule has 0 aliphatic heterocycles. The van der Waals surface area contributed by atoms with Gasteiger partial charge in [-0.25, -0.2) is 13.2 Å². The Morgan fingerprint density at radius 2 is 1.27 bits per heavy atom. The third-order valence-corrected chi connectivity index (χ3v) is 4.75. The first-order valence-corrected chi connectivity index (χ1v) is 10.1. The quantitative estimate of drug-likeness (QED) is 0.258. The van der Waals surface area contributed by atoms with Gasteiger partial charge in [-0.2, -0.15) is 0 Å². The molecule has 160 valence electrons. The predicted octanol–water partition coefficient (Wildman–Crippen LogP) is 6.62. The maximum atomic E-state index is 14.5. The highest BCUT2D eigenvalue weighted by Gasteiger charge is 2.08. The summed E-state index contributed by atoms with van der Waals surface area (Å²) in [6, 6.07) is 18.9. The molecule has 0 aliphatic carbocycles. The zero-order valence-corrected chi connectivity index (χ0v) is 17.5. The Bertz CT molecular complexity index is 1440. The molecule has 0 heterocycles. The number of benzene rings is 4. The van der Waals surface area contributed by atoms with Gasteiger partial charge in [-0.15, -0.1) is 0 Å². The Morgan fingerprint density at radius 3 is 2.00 bits per heavy atom. The molecular formula is C29H17F3O. The second kappa shape index (κ2) is 9.81. The SMILES string of the molecule is C=CCOc1ccc(C#Cc2cc(F)c(C#Cc3ccc4cc(F)ccc4c3)c(F)c2)cc1. The van der Waals surface area contributed by atoms with Crippen LogP contribution in [-0.2, 0) is 0 Å². The molecule has 4 rings (SSSR count). The van der Waals surface area contributed by atoms with Crippen LogP contribution >= 0.6 is 0 Å². The molecule has 33 heavy (non-hydrogen) atoms. The van der Waals surface area contributed by atoms with E-state index in [1.54, 1.807) is 54.6 Å². The number of fused-ring (bicyclic) bond motifs is 1. The van der Waals surface area contributed by atoms with Gasteiger partial charge in [0.05, 0.1) is 5.56 Å². The van der Waals surface area contributed by atoms with Crippen LogP contribution in [0.2, 0.25) is 0 Å². The average molecular weight is 438 g/mol. The van der Waals surface area contributed by atoms with Crippen LogP contribution < -0.4 is 4.74 Å². The topological polar surface area (TPSA) is 9.23 Å². The summed E-state index contributed by atoms with van der Waals surface area (Å²) in [6.45, 7) is 3.99. The van der Waals surface area contributed by atoms with Crippen molar-refractivity contribution in [1.29, 1.82) is 0 Å². The fraction of sp³-hybridized carbons (Fsp3) is 0.0345. The molecule has 0 fully saturated rings. The fourth-order valence-corrected chi connectivity index (χ4v) is 3.13. The van der Waals surface area contributed by atoms with E-state index in [1.807, 2.05) is 0 Å². The molecule has 4 aromatic rings. The van der Waals surface area contributed by atoms with Crippen LogP contribution in [-0.4, -0.2) is 6.61 Å². The van der Waals surface area contributed by atoms with Crippen LogP contribution in [0.25, 0.3) is 10.8 Å². The van der Waals surface area contributed by atoms with Crippen molar-refractivity contribution >= 4 is 10.8 Å². The Hall–Kier alpha value is -4.41. The molecule has 4 heteroatoms. The lowest BCUT2D eigenvalue weighted by atomic mass is 10.1. The lowest BCUT2D eigenvalue weighted by Gasteiger charge is -2.02. The molecule has 0 saturated heterocycles. The van der Waals surface area contributed by atoms with Gasteiger partial charge in [-0.05, 0) is 71.4 Å². The third-order valence-electron chi connectivity index (χ3n) is 4.75. The summed E-state index contributed by atoms with van der Waals surface area (Å²) in [5.41, 5.74) is 1.12. The van der Waals surface area contributed by atoms with E-state index in [2.05, 4.69) is 30.3 Å². The molecule has 0 radical (unpaired) electrons. The molecule has 0 N–H and O–H groups in total. The number of hydrogen-bond acceptors (Lipinski definition) is 1. The molecule has 1 nitrogen and oxygen atoms in total. The molecular weight excluding hydrogens is 421 g/mol. The smallest absolute Gasteiger partial charge is 0.143 e. The van der Waals surface area contributed by atoms with Crippen LogP contribution in [0.5, 0.6) is 5.75 Å². The summed E-state index contributed by atoms with van der Waals surface area (Å²) < 4.78 is 47.8. The molecule has 0 atom stereocenters. The van der Waals surface area contributed by atoms with Crippen molar-refractivity contribution in [2.24, 2.45) is 0 Å². The van der Waals surface area contributed by atoms with E-state index in [9.17, 15) is 13.2 Å². The van der Waals surface area contributed by atoms with Crippen molar-refractivity contribution < 1.29 is 17.9 Å². The lowest BCUT2D eigenvalue weighted by Crippen LogP contribution is -1.93. The first-order chi connectivity index (χ1) is 16.0. The van der Waals surface area contributed by atoms with Crippen LogP contribution in [0.4, 0.5) is 13.2 Å². The van der Waals surface area contributed by atoms with E-state index in [4.69, 9.17) is 4.74 Å². The molecule has 0 saturated carbocycles. The highest BCUT2D eigenvalue weighted by molar-refractivity contribution is 5.84. The summed E-state index contributed by atoms with van der Waals surface area (Å²) in [7, 11) is 0. The molecule has 0 aliphatic rings. The van der Waals surface area contributed by atoms with Gasteiger partial charge >= 0.3 is 0 Å². The highest BCUT2D eigenvalue weighted by Crippen LogP contribution is 2.18. The van der Waals surface area contributed by atoms with E-state index >= 15 is 0 Å². The number of ether oxygens (including phenoxy) is 1. The summed E-state index contributed by atoms with van der Waals surface area (Å²) in [4.78, 5) is 0. The predicted molar refractivity (Wildman–Crippen MR) is 124 cm³/mol. The van der Waals surface area contributed by atoms with Gasteiger partial charge in [0.15, 0.2) is 0 Å². The third kappa shape index (κ3) is 5.45. The van der Waals surface area contributed by atoms with Crippen molar-refractivity contribution in [3.8, 4) is 29.4 Å². The molecule has 0 spiro atoms. The fourth-order valence-electron chi connectivity index (χ4n) is 3.13. The van der Waals surface area contributed by atoms with E-state index in [0.29, 0.717) is 23.5 Å². The standard InChI is InChI=1S/C29H17F3O/c1-2-15-33-26-12-6-20(7-13-26)3-4-22-17-28(31)27(29(32)18-22)14-8-21-5-9-24-19-25(30)11-10-23(24)16-21/h2,5-7,9-13,16-19H,1,15H2. The van der Waals surface area contributed by atoms with E-state index in [1.165, 1.54) is 12.1 Å². The van der Waals surface area contributed by atoms with E-state index < -0.39 is 11.6 Å². The van der Waals surface area contributed by atoms with Gasteiger partial charge in [0.25, 0.3) is 0 Å².